The molecule has 4 amide bonds. The fourth-order valence-electron chi connectivity index (χ4n) is 7.91. The van der Waals surface area contributed by atoms with Gasteiger partial charge in [0.1, 0.15) is 23.7 Å². The van der Waals surface area contributed by atoms with Crippen LogP contribution in [-0.2, 0) is 23.8 Å². The Morgan fingerprint density at radius 1 is 0.678 bits per heavy atom. The van der Waals surface area contributed by atoms with Gasteiger partial charge in [-0.3, -0.25) is 9.59 Å². The van der Waals surface area contributed by atoms with Crippen LogP contribution in [0.3, 0.4) is 0 Å². The molecule has 5 aromatic rings. The van der Waals surface area contributed by atoms with Crippen molar-refractivity contribution >= 4 is 46.1 Å². The first-order chi connectivity index (χ1) is 28.5. The van der Waals surface area contributed by atoms with Crippen molar-refractivity contribution in [3.8, 4) is 23.0 Å². The predicted octanol–water partition coefficient (Wildman–Crippen LogP) is 5.97. The number of carbonyl (C=O) groups excluding carboxylic acids is 4. The van der Waals surface area contributed by atoms with Gasteiger partial charge in [-0.15, -0.1) is 0 Å². The fourth-order valence-corrected chi connectivity index (χ4v) is 7.91. The molecule has 59 heavy (non-hydrogen) atoms. The number of hydrogen-bond acceptors (Lipinski definition) is 9. The number of H-pyrrole nitrogens is 2. The number of methoxy groups -OCH3 is 3. The lowest BCUT2D eigenvalue weighted by atomic mass is 10.0. The van der Waals surface area contributed by atoms with Crippen molar-refractivity contribution in [2.24, 2.45) is 5.92 Å². The topological polar surface area (TPSA) is 184 Å². The summed E-state index contributed by atoms with van der Waals surface area (Å²) in [7, 11) is 4.04. The van der Waals surface area contributed by atoms with Crippen molar-refractivity contribution in [2.75, 3.05) is 34.4 Å². The highest BCUT2D eigenvalue weighted by molar-refractivity contribution is 5.88. The third kappa shape index (κ3) is 8.73. The minimum atomic E-state index is -0.901. The number of ether oxygens (including phenoxy) is 3. The molecular weight excluding hydrogens is 753 g/mol. The number of amides is 4. The van der Waals surface area contributed by atoms with Crippen LogP contribution in [0, 0.1) is 17.8 Å². The Bertz CT molecular complexity index is 2410. The highest BCUT2D eigenvalue weighted by Crippen LogP contribution is 2.35. The lowest BCUT2D eigenvalue weighted by Gasteiger charge is -2.30. The molecule has 0 bridgehead atoms. The molecule has 2 saturated heterocycles. The molecule has 308 valence electrons. The van der Waals surface area contributed by atoms with E-state index in [4.69, 9.17) is 24.2 Å². The quantitative estimate of drug-likeness (QED) is 0.124. The zero-order valence-corrected chi connectivity index (χ0v) is 34.1. The number of aromatic nitrogens is 4. The molecule has 0 spiro atoms. The van der Waals surface area contributed by atoms with Crippen LogP contribution in [0.4, 0.5) is 9.59 Å². The van der Waals surface area contributed by atoms with Crippen LogP contribution < -0.4 is 10.6 Å². The van der Waals surface area contributed by atoms with Gasteiger partial charge in [-0.1, -0.05) is 43.9 Å². The smallest absolute Gasteiger partial charge is 0.407 e. The zero-order chi connectivity index (χ0) is 41.8. The normalized spacial score (nSPS) is 18.0. The predicted molar refractivity (Wildman–Crippen MR) is 221 cm³/mol. The van der Waals surface area contributed by atoms with Crippen molar-refractivity contribution in [3.63, 3.8) is 0 Å². The minimum Gasteiger partial charge on any atom is -0.453 e. The maximum absolute atomic E-state index is 13.7. The molecule has 5 atom stereocenters. The number of rotatable bonds is 10. The highest BCUT2D eigenvalue weighted by atomic mass is 16.5. The molecule has 7 rings (SSSR count). The molecule has 4 N–H and O–H groups in total. The third-order valence-electron chi connectivity index (χ3n) is 11.2. The van der Waals surface area contributed by atoms with Gasteiger partial charge in [-0.05, 0) is 92.1 Å². The number of carbonyl (C=O) groups is 4. The molecule has 2 aliphatic heterocycles. The number of hydrogen-bond donors (Lipinski definition) is 4. The first-order valence-electron chi connectivity index (χ1n) is 19.9. The standard InChI is InChI=1S/C44H50N8O7/c1-25(2)37(49-43(55)58-5)41(53)51-21-7-9-35(51)39-45-31-19-15-28(23-33(31)47-39)12-11-27-13-16-29(17-14-27)30-18-20-32-34(24-30)48-40(46-32)36-10-8-22-52(36)42(54)38(26(3)57-4)50-44(56)59-6/h13-20,23-26,35-38H,7-10,21-22H2,1-6H3,(H,45,47)(H,46,48)(H,49,55)(H,50,56)/t26-,35+,36+,37+,38+/m1/s1. The maximum Gasteiger partial charge on any atom is 0.407 e. The van der Waals surface area contributed by atoms with Gasteiger partial charge in [-0.2, -0.15) is 0 Å². The van der Waals surface area contributed by atoms with Gasteiger partial charge in [0.05, 0.1) is 54.5 Å². The Morgan fingerprint density at radius 2 is 1.17 bits per heavy atom. The monoisotopic (exact) mass is 802 g/mol. The number of likely N-dealkylation sites (tertiary alicyclic amines) is 2. The van der Waals surface area contributed by atoms with E-state index in [9.17, 15) is 19.2 Å². The molecule has 0 saturated carbocycles. The van der Waals surface area contributed by atoms with Crippen LogP contribution in [-0.4, -0.2) is 106 Å². The molecule has 3 aromatic carbocycles. The summed E-state index contributed by atoms with van der Waals surface area (Å²) < 4.78 is 14.9. The summed E-state index contributed by atoms with van der Waals surface area (Å²) in [4.78, 5) is 71.4. The van der Waals surface area contributed by atoms with E-state index in [1.165, 1.54) is 21.3 Å². The van der Waals surface area contributed by atoms with E-state index in [0.717, 1.165) is 70.0 Å². The van der Waals surface area contributed by atoms with E-state index < -0.39 is 30.4 Å². The van der Waals surface area contributed by atoms with E-state index >= 15 is 0 Å². The second-order valence-corrected chi connectivity index (χ2v) is 15.3. The van der Waals surface area contributed by atoms with Crippen LogP contribution in [0.5, 0.6) is 0 Å². The molecule has 2 aliphatic rings. The molecule has 0 aliphatic carbocycles. The number of nitrogens with one attached hydrogen (secondary N) is 4. The molecule has 15 heteroatoms. The van der Waals surface area contributed by atoms with Gasteiger partial charge < -0.3 is 44.6 Å². The van der Waals surface area contributed by atoms with Gasteiger partial charge in [0.25, 0.3) is 0 Å². The van der Waals surface area contributed by atoms with Crippen molar-refractivity contribution < 1.29 is 33.4 Å². The summed E-state index contributed by atoms with van der Waals surface area (Å²) in [5.74, 6) is 7.44. The van der Waals surface area contributed by atoms with Crippen molar-refractivity contribution in [1.82, 2.24) is 40.4 Å². The van der Waals surface area contributed by atoms with E-state index in [1.54, 1.807) is 16.7 Å². The largest absolute Gasteiger partial charge is 0.453 e. The Kier molecular flexibility index (Phi) is 12.2. The van der Waals surface area contributed by atoms with Crippen molar-refractivity contribution in [3.05, 3.63) is 83.4 Å². The van der Waals surface area contributed by atoms with Gasteiger partial charge >= 0.3 is 12.2 Å². The van der Waals surface area contributed by atoms with E-state index in [2.05, 4.69) is 38.5 Å². The molecule has 15 nitrogen and oxygen atoms in total. The van der Waals surface area contributed by atoms with Crippen LogP contribution >= 0.6 is 0 Å². The number of nitrogens with zero attached hydrogens (tertiary/aromatic N) is 4. The first kappa shape index (κ1) is 40.8. The third-order valence-corrected chi connectivity index (χ3v) is 11.2. The van der Waals surface area contributed by atoms with E-state index in [1.807, 2.05) is 68.4 Å². The van der Waals surface area contributed by atoms with Gasteiger partial charge in [0.15, 0.2) is 0 Å². The van der Waals surface area contributed by atoms with Gasteiger partial charge in [0.2, 0.25) is 11.8 Å². The summed E-state index contributed by atoms with van der Waals surface area (Å²) in [5.41, 5.74) is 6.98. The van der Waals surface area contributed by atoms with Crippen LogP contribution in [0.15, 0.2) is 60.7 Å². The Labute approximate surface area is 342 Å². The van der Waals surface area contributed by atoms with Crippen molar-refractivity contribution in [2.45, 2.75) is 76.7 Å². The number of fused-ring (bicyclic) bond motifs is 2. The Morgan fingerprint density at radius 3 is 1.73 bits per heavy atom. The number of benzene rings is 3. The van der Waals surface area contributed by atoms with Gasteiger partial charge in [0, 0.05) is 31.3 Å². The summed E-state index contributed by atoms with van der Waals surface area (Å²) in [6.07, 6.45) is 1.26. The summed E-state index contributed by atoms with van der Waals surface area (Å²) in [5, 5.41) is 5.32. The molecule has 2 fully saturated rings. The summed E-state index contributed by atoms with van der Waals surface area (Å²) in [6.45, 7) is 6.65. The first-order valence-corrected chi connectivity index (χ1v) is 19.9. The minimum absolute atomic E-state index is 0.115. The number of alkyl carbamates (subject to hydrolysis) is 2. The SMILES string of the molecule is COC(=O)N[C@H](C(=O)N1CCC[C@H]1c1nc2ccc(C#Cc3ccc(-c4ccc5nc([C@@H]6CCCN6C(=O)[C@@H](NC(=O)OC)[C@@H](C)OC)[nH]c5c4)cc3)cc2[nH]1)C(C)C. The maximum atomic E-state index is 13.7. The summed E-state index contributed by atoms with van der Waals surface area (Å²) >= 11 is 0. The zero-order valence-electron chi connectivity index (χ0n) is 34.1. The van der Waals surface area contributed by atoms with Crippen LogP contribution in [0.25, 0.3) is 33.2 Å². The summed E-state index contributed by atoms with van der Waals surface area (Å²) in [6, 6.07) is 17.8. The van der Waals surface area contributed by atoms with Gasteiger partial charge in [-0.25, -0.2) is 19.6 Å². The highest BCUT2D eigenvalue weighted by Gasteiger charge is 2.39. The average Bonchev–Trinajstić information content (AvgIpc) is 4.08. The lowest BCUT2D eigenvalue weighted by Crippen LogP contribution is -2.54. The Hall–Kier alpha value is -6.40. The van der Waals surface area contributed by atoms with Crippen molar-refractivity contribution in [1.29, 1.82) is 0 Å². The van der Waals surface area contributed by atoms with Crippen LogP contribution in [0.2, 0.25) is 0 Å². The average molecular weight is 803 g/mol. The molecular formula is C44H50N8O7. The second-order valence-electron chi connectivity index (χ2n) is 15.3. The van der Waals surface area contributed by atoms with E-state index in [0.29, 0.717) is 24.7 Å². The van der Waals surface area contributed by atoms with E-state index in [-0.39, 0.29) is 29.8 Å². The molecule has 4 heterocycles. The Balaban J connectivity index is 1.03. The molecule has 2 aromatic heterocycles. The molecule has 0 unspecified atom stereocenters. The fraction of sp³-hybridized carbons (Fsp3) is 0.409. The number of imidazole rings is 2. The van der Waals surface area contributed by atoms with Crippen LogP contribution in [0.1, 0.15) is 81.3 Å². The second kappa shape index (κ2) is 17.6. The molecule has 0 radical (unpaired) electrons. The lowest BCUT2D eigenvalue weighted by molar-refractivity contribution is -0.137. The number of aromatic amines is 2.